The van der Waals surface area contributed by atoms with Crippen molar-refractivity contribution in [3.63, 3.8) is 0 Å². The molecule has 9 heteroatoms. The number of pyridine rings is 1. The summed E-state index contributed by atoms with van der Waals surface area (Å²) in [5.41, 5.74) is 5.41. The molecule has 0 fully saturated rings. The summed E-state index contributed by atoms with van der Waals surface area (Å²) in [7, 11) is 1.24. The Balaban J connectivity index is 2.55. The van der Waals surface area contributed by atoms with Crippen molar-refractivity contribution in [2.24, 2.45) is 5.73 Å². The van der Waals surface area contributed by atoms with Crippen LogP contribution in [0.1, 0.15) is 0 Å². The highest BCUT2D eigenvalue weighted by Gasteiger charge is 2.09. The number of carbonyl (C=O) groups is 2. The second kappa shape index (κ2) is 11.3. The van der Waals surface area contributed by atoms with Crippen LogP contribution in [0, 0.1) is 0 Å². The predicted octanol–water partition coefficient (Wildman–Crippen LogP) is -1.02. The van der Waals surface area contributed by atoms with Gasteiger partial charge in [-0.1, -0.05) is 0 Å². The number of nitrogens with zero attached hydrogens (tertiary/aromatic N) is 2. The molecule has 0 aliphatic heterocycles. The minimum atomic E-state index is -0.548. The van der Waals surface area contributed by atoms with E-state index in [1.165, 1.54) is 34.9 Å². The van der Waals surface area contributed by atoms with Gasteiger partial charge in [-0.2, -0.15) is 0 Å². The summed E-state index contributed by atoms with van der Waals surface area (Å²) in [5.74, 6) is -0.548. The van der Waals surface area contributed by atoms with Gasteiger partial charge in [0.1, 0.15) is 6.54 Å². The van der Waals surface area contributed by atoms with Gasteiger partial charge < -0.3 is 29.4 Å². The lowest BCUT2D eigenvalue weighted by atomic mass is 10.3. The lowest BCUT2D eigenvalue weighted by molar-refractivity contribution is -0.141. The Hall–Kier alpha value is -2.23. The third-order valence-electron chi connectivity index (χ3n) is 3.06. The van der Waals surface area contributed by atoms with Crippen molar-refractivity contribution in [2.75, 3.05) is 51.5 Å². The standard InChI is InChI=1S/C15H23N3O6/c1-22-15(21)11-18-10-13(2-3-14(18)20)17(12-19)5-7-24-9-8-23-6-4-16/h2-3,10,12H,4-9,11,16H2,1H3. The van der Waals surface area contributed by atoms with Crippen LogP contribution in [0.25, 0.3) is 0 Å². The lowest BCUT2D eigenvalue weighted by Crippen LogP contribution is -2.29. The fourth-order valence-corrected chi connectivity index (χ4v) is 1.83. The molecular formula is C15H23N3O6. The van der Waals surface area contributed by atoms with Gasteiger partial charge in [-0.3, -0.25) is 14.4 Å². The highest BCUT2D eigenvalue weighted by atomic mass is 16.5. The largest absolute Gasteiger partial charge is 0.468 e. The Labute approximate surface area is 139 Å². The molecular weight excluding hydrogens is 318 g/mol. The number of carbonyl (C=O) groups excluding carboxylic acids is 2. The second-order valence-electron chi connectivity index (χ2n) is 4.74. The van der Waals surface area contributed by atoms with Gasteiger partial charge >= 0.3 is 5.97 Å². The van der Waals surface area contributed by atoms with Crippen LogP contribution in [0.3, 0.4) is 0 Å². The smallest absolute Gasteiger partial charge is 0.325 e. The van der Waals surface area contributed by atoms with Gasteiger partial charge in [-0.05, 0) is 6.07 Å². The first-order valence-electron chi connectivity index (χ1n) is 7.47. The summed E-state index contributed by atoms with van der Waals surface area (Å²) in [5, 5.41) is 0. The lowest BCUT2D eigenvalue weighted by Gasteiger charge is -2.18. The van der Waals surface area contributed by atoms with E-state index in [4.69, 9.17) is 15.2 Å². The number of nitrogens with two attached hydrogens (primary N) is 1. The molecule has 1 rings (SSSR count). The SMILES string of the molecule is COC(=O)Cn1cc(N(C=O)CCOCCOCCN)ccc1=O. The molecule has 9 nitrogen and oxygen atoms in total. The van der Waals surface area contributed by atoms with E-state index in [9.17, 15) is 14.4 Å². The highest BCUT2D eigenvalue weighted by molar-refractivity contribution is 5.74. The van der Waals surface area contributed by atoms with Gasteiger partial charge in [0.05, 0.1) is 39.2 Å². The van der Waals surface area contributed by atoms with Crippen LogP contribution in [-0.4, -0.2) is 63.6 Å². The molecule has 0 aliphatic rings. The van der Waals surface area contributed by atoms with Gasteiger partial charge in [-0.25, -0.2) is 0 Å². The van der Waals surface area contributed by atoms with Gasteiger partial charge in [-0.15, -0.1) is 0 Å². The Morgan fingerprint density at radius 3 is 2.58 bits per heavy atom. The van der Waals surface area contributed by atoms with Crippen molar-refractivity contribution in [3.05, 3.63) is 28.7 Å². The zero-order valence-electron chi connectivity index (χ0n) is 13.7. The van der Waals surface area contributed by atoms with Gasteiger partial charge in [0.2, 0.25) is 6.41 Å². The van der Waals surface area contributed by atoms with Crippen molar-refractivity contribution in [2.45, 2.75) is 6.54 Å². The van der Waals surface area contributed by atoms with Crippen LogP contribution in [0.5, 0.6) is 0 Å². The molecule has 0 radical (unpaired) electrons. The average Bonchev–Trinajstić information content (AvgIpc) is 2.59. The van der Waals surface area contributed by atoms with E-state index in [1.54, 1.807) is 0 Å². The van der Waals surface area contributed by atoms with Crippen molar-refractivity contribution >= 4 is 18.1 Å². The molecule has 1 heterocycles. The van der Waals surface area contributed by atoms with E-state index in [0.29, 0.717) is 51.6 Å². The zero-order chi connectivity index (χ0) is 17.8. The first-order chi connectivity index (χ1) is 11.6. The summed E-state index contributed by atoms with van der Waals surface area (Å²) < 4.78 is 16.2. The molecule has 0 atom stereocenters. The number of aromatic nitrogens is 1. The second-order valence-corrected chi connectivity index (χ2v) is 4.74. The number of methoxy groups -OCH3 is 1. The Morgan fingerprint density at radius 1 is 1.25 bits per heavy atom. The molecule has 0 saturated heterocycles. The van der Waals surface area contributed by atoms with E-state index < -0.39 is 5.97 Å². The number of hydrogen-bond acceptors (Lipinski definition) is 7. The molecule has 2 N–H and O–H groups in total. The molecule has 134 valence electrons. The molecule has 1 aromatic heterocycles. The molecule has 24 heavy (non-hydrogen) atoms. The first kappa shape index (κ1) is 19.8. The van der Waals surface area contributed by atoms with Crippen molar-refractivity contribution in [1.82, 2.24) is 4.57 Å². The van der Waals surface area contributed by atoms with Crippen LogP contribution < -0.4 is 16.2 Å². The van der Waals surface area contributed by atoms with Gasteiger partial charge in [0.25, 0.3) is 5.56 Å². The van der Waals surface area contributed by atoms with E-state index in [1.807, 2.05) is 0 Å². The van der Waals surface area contributed by atoms with Gasteiger partial charge in [0, 0.05) is 25.4 Å². The molecule has 0 saturated carbocycles. The fourth-order valence-electron chi connectivity index (χ4n) is 1.83. The van der Waals surface area contributed by atoms with E-state index in [-0.39, 0.29) is 12.1 Å². The molecule has 1 aromatic rings. The Kier molecular flexibility index (Phi) is 9.35. The van der Waals surface area contributed by atoms with Crippen LogP contribution in [0.15, 0.2) is 23.1 Å². The molecule has 0 bridgehead atoms. The van der Waals surface area contributed by atoms with Crippen molar-refractivity contribution in [1.29, 1.82) is 0 Å². The molecule has 0 aliphatic carbocycles. The molecule has 0 spiro atoms. The monoisotopic (exact) mass is 341 g/mol. The van der Waals surface area contributed by atoms with E-state index >= 15 is 0 Å². The first-order valence-corrected chi connectivity index (χ1v) is 7.47. The highest BCUT2D eigenvalue weighted by Crippen LogP contribution is 2.09. The number of esters is 1. The number of hydrogen-bond donors (Lipinski definition) is 1. The zero-order valence-corrected chi connectivity index (χ0v) is 13.7. The minimum absolute atomic E-state index is 0.217. The summed E-state index contributed by atoms with van der Waals surface area (Å²) in [6, 6.07) is 2.80. The third kappa shape index (κ3) is 6.90. The van der Waals surface area contributed by atoms with Crippen LogP contribution in [-0.2, 0) is 30.3 Å². The van der Waals surface area contributed by atoms with Crippen molar-refractivity contribution in [3.8, 4) is 0 Å². The summed E-state index contributed by atoms with van der Waals surface area (Å²) >= 11 is 0. The molecule has 0 unspecified atom stereocenters. The summed E-state index contributed by atoms with van der Waals surface area (Å²) in [6.45, 7) is 2.16. The molecule has 0 aromatic carbocycles. The number of rotatable bonds is 12. The predicted molar refractivity (Wildman–Crippen MR) is 86.8 cm³/mol. The van der Waals surface area contributed by atoms with Crippen LogP contribution in [0.2, 0.25) is 0 Å². The van der Waals surface area contributed by atoms with Crippen LogP contribution in [0.4, 0.5) is 5.69 Å². The number of ether oxygens (including phenoxy) is 3. The topological polar surface area (TPSA) is 113 Å². The van der Waals surface area contributed by atoms with Gasteiger partial charge in [0.15, 0.2) is 0 Å². The maximum atomic E-state index is 11.7. The maximum absolute atomic E-state index is 11.7. The summed E-state index contributed by atoms with van der Waals surface area (Å²) in [6.07, 6.45) is 2.06. The van der Waals surface area contributed by atoms with E-state index in [2.05, 4.69) is 4.74 Å². The number of amides is 1. The maximum Gasteiger partial charge on any atom is 0.325 e. The minimum Gasteiger partial charge on any atom is -0.468 e. The molecule has 1 amide bonds. The number of anilines is 1. The quantitative estimate of drug-likeness (QED) is 0.294. The van der Waals surface area contributed by atoms with Crippen molar-refractivity contribution < 1.29 is 23.8 Å². The third-order valence-corrected chi connectivity index (χ3v) is 3.06. The van der Waals surface area contributed by atoms with E-state index in [0.717, 1.165) is 0 Å². The fraction of sp³-hybridized carbons (Fsp3) is 0.533. The normalized spacial score (nSPS) is 10.4. The Bertz CT molecular complexity index is 575. The average molecular weight is 341 g/mol. The summed E-state index contributed by atoms with van der Waals surface area (Å²) in [4.78, 5) is 35.6. The van der Waals surface area contributed by atoms with Crippen LogP contribution >= 0.6 is 0 Å². The Morgan fingerprint density at radius 2 is 1.96 bits per heavy atom.